The van der Waals surface area contributed by atoms with Gasteiger partial charge in [-0.15, -0.1) is 11.3 Å². The fourth-order valence-electron chi connectivity index (χ4n) is 0.546. The molecule has 2 nitrogen and oxygen atoms in total. The van der Waals surface area contributed by atoms with E-state index in [2.05, 4.69) is 4.98 Å². The Hall–Kier alpha value is 0.170. The molecule has 10 heavy (non-hydrogen) atoms. The molecule has 1 aromatic heterocycles. The molecule has 1 unspecified atom stereocenters. The quantitative estimate of drug-likeness (QED) is 0.751. The molecule has 5 heteroatoms. The summed E-state index contributed by atoms with van der Waals surface area (Å²) in [5.41, 5.74) is 0. The summed E-state index contributed by atoms with van der Waals surface area (Å²) in [5.74, 6) is 0. The van der Waals surface area contributed by atoms with Gasteiger partial charge in [0.1, 0.15) is 5.15 Å². The molecule has 1 rings (SSSR count). The first-order chi connectivity index (χ1) is 4.61. The van der Waals surface area contributed by atoms with Gasteiger partial charge in [0.2, 0.25) is 0 Å². The van der Waals surface area contributed by atoms with Crippen LogP contribution in [-0.4, -0.2) is 10.1 Å². The molecule has 0 saturated heterocycles. The zero-order valence-electron chi connectivity index (χ0n) is 5.14. The molecule has 0 aliphatic rings. The largest absolute Gasteiger partial charge is 0.388 e. The highest BCUT2D eigenvalue weighted by molar-refractivity contribution is 7.16. The van der Waals surface area contributed by atoms with E-state index in [1.54, 1.807) is 6.92 Å². The van der Waals surface area contributed by atoms with Crippen LogP contribution < -0.4 is 0 Å². The molecular weight excluding hydrogens is 193 g/mol. The minimum absolute atomic E-state index is 0.296. The van der Waals surface area contributed by atoms with Crippen LogP contribution >= 0.6 is 34.5 Å². The fraction of sp³-hybridized carbons (Fsp3) is 0.400. The second-order valence-electron chi connectivity index (χ2n) is 1.80. The highest BCUT2D eigenvalue weighted by Crippen LogP contribution is 2.31. The van der Waals surface area contributed by atoms with Gasteiger partial charge in [-0.05, 0) is 6.92 Å². The lowest BCUT2D eigenvalue weighted by Crippen LogP contribution is -1.85. The third-order valence-electron chi connectivity index (χ3n) is 0.963. The third kappa shape index (κ3) is 1.61. The SMILES string of the molecule is CC(O)c1sc(Cl)nc1Cl. The number of thiazole rings is 1. The van der Waals surface area contributed by atoms with Gasteiger partial charge in [0, 0.05) is 0 Å². The van der Waals surface area contributed by atoms with Crippen molar-refractivity contribution in [3.63, 3.8) is 0 Å². The van der Waals surface area contributed by atoms with Gasteiger partial charge in [0.15, 0.2) is 4.47 Å². The second-order valence-corrected chi connectivity index (χ2v) is 3.77. The van der Waals surface area contributed by atoms with Crippen molar-refractivity contribution in [3.05, 3.63) is 14.5 Å². The Morgan fingerprint density at radius 1 is 1.60 bits per heavy atom. The standard InChI is InChI=1S/C5H5Cl2NOS/c1-2(9)3-4(6)8-5(7)10-3/h2,9H,1H3. The molecule has 0 aliphatic heterocycles. The Bertz CT molecular complexity index is 236. The van der Waals surface area contributed by atoms with Crippen LogP contribution in [0, 0.1) is 0 Å². The van der Waals surface area contributed by atoms with Gasteiger partial charge in [0.05, 0.1) is 11.0 Å². The van der Waals surface area contributed by atoms with Crippen LogP contribution in [0.5, 0.6) is 0 Å². The number of halogens is 2. The zero-order valence-corrected chi connectivity index (χ0v) is 7.46. The van der Waals surface area contributed by atoms with Crippen LogP contribution in [-0.2, 0) is 0 Å². The number of aliphatic hydroxyl groups excluding tert-OH is 1. The Kier molecular flexibility index (Phi) is 2.52. The lowest BCUT2D eigenvalue weighted by molar-refractivity contribution is 0.203. The van der Waals surface area contributed by atoms with Crippen molar-refractivity contribution in [1.29, 1.82) is 0 Å². The summed E-state index contributed by atoms with van der Waals surface area (Å²) in [6, 6.07) is 0. The average Bonchev–Trinajstić information content (AvgIpc) is 2.10. The van der Waals surface area contributed by atoms with Crippen LogP contribution in [0.2, 0.25) is 9.62 Å². The lowest BCUT2D eigenvalue weighted by atomic mass is 10.4. The molecule has 0 radical (unpaired) electrons. The minimum Gasteiger partial charge on any atom is -0.388 e. The van der Waals surface area contributed by atoms with Crippen molar-refractivity contribution in [2.24, 2.45) is 0 Å². The average molecular weight is 198 g/mol. The van der Waals surface area contributed by atoms with Gasteiger partial charge in [-0.2, -0.15) is 0 Å². The monoisotopic (exact) mass is 197 g/mol. The minimum atomic E-state index is -0.586. The second kappa shape index (κ2) is 3.05. The zero-order chi connectivity index (χ0) is 7.72. The van der Waals surface area contributed by atoms with Crippen LogP contribution in [0.25, 0.3) is 0 Å². The van der Waals surface area contributed by atoms with Crippen molar-refractivity contribution in [2.45, 2.75) is 13.0 Å². The van der Waals surface area contributed by atoms with Gasteiger partial charge in [-0.1, -0.05) is 23.2 Å². The molecule has 0 aliphatic carbocycles. The summed E-state index contributed by atoms with van der Waals surface area (Å²) in [4.78, 5) is 4.34. The molecule has 1 atom stereocenters. The number of nitrogens with zero attached hydrogens (tertiary/aromatic N) is 1. The number of aliphatic hydroxyl groups is 1. The van der Waals surface area contributed by atoms with Crippen LogP contribution in [0.3, 0.4) is 0 Å². The van der Waals surface area contributed by atoms with Crippen LogP contribution in [0.15, 0.2) is 0 Å². The van der Waals surface area contributed by atoms with Gasteiger partial charge >= 0.3 is 0 Å². The first-order valence-corrected chi connectivity index (χ1v) is 4.18. The molecule has 1 N–H and O–H groups in total. The van der Waals surface area contributed by atoms with Crippen molar-refractivity contribution < 1.29 is 5.11 Å². The number of hydrogen-bond donors (Lipinski definition) is 1. The Morgan fingerprint density at radius 3 is 2.40 bits per heavy atom. The van der Waals surface area contributed by atoms with E-state index in [1.165, 1.54) is 11.3 Å². The van der Waals surface area contributed by atoms with E-state index in [4.69, 9.17) is 28.3 Å². The topological polar surface area (TPSA) is 33.1 Å². The normalized spacial score (nSPS) is 13.6. The molecule has 0 amide bonds. The van der Waals surface area contributed by atoms with Crippen LogP contribution in [0.4, 0.5) is 0 Å². The summed E-state index contributed by atoms with van der Waals surface area (Å²) in [7, 11) is 0. The summed E-state index contributed by atoms with van der Waals surface area (Å²) in [5, 5.41) is 9.34. The predicted octanol–water partition coefficient (Wildman–Crippen LogP) is 2.50. The Labute approximate surface area is 72.4 Å². The van der Waals surface area contributed by atoms with E-state index in [-0.39, 0.29) is 0 Å². The van der Waals surface area contributed by atoms with Gasteiger partial charge in [0.25, 0.3) is 0 Å². The van der Waals surface area contributed by atoms with Gasteiger partial charge < -0.3 is 5.11 Å². The van der Waals surface area contributed by atoms with E-state index in [0.717, 1.165) is 0 Å². The smallest absolute Gasteiger partial charge is 0.185 e. The molecule has 0 spiro atoms. The lowest BCUT2D eigenvalue weighted by Gasteiger charge is -1.96. The molecule has 56 valence electrons. The maximum absolute atomic E-state index is 9.05. The maximum Gasteiger partial charge on any atom is 0.185 e. The van der Waals surface area contributed by atoms with Gasteiger partial charge in [-0.25, -0.2) is 4.98 Å². The van der Waals surface area contributed by atoms with Crippen molar-refractivity contribution in [3.8, 4) is 0 Å². The van der Waals surface area contributed by atoms with Crippen molar-refractivity contribution >= 4 is 34.5 Å². The Morgan fingerprint density at radius 2 is 2.20 bits per heavy atom. The molecule has 0 saturated carbocycles. The summed E-state index contributed by atoms with van der Waals surface area (Å²) >= 11 is 12.3. The summed E-state index contributed by atoms with van der Waals surface area (Å²) in [6.07, 6.45) is -0.586. The van der Waals surface area contributed by atoms with Crippen molar-refractivity contribution in [1.82, 2.24) is 4.98 Å². The molecule has 0 aromatic carbocycles. The summed E-state index contributed by atoms with van der Waals surface area (Å²) in [6.45, 7) is 1.62. The van der Waals surface area contributed by atoms with E-state index in [0.29, 0.717) is 14.5 Å². The highest BCUT2D eigenvalue weighted by atomic mass is 35.5. The molecular formula is C5H5Cl2NOS. The van der Waals surface area contributed by atoms with E-state index < -0.39 is 6.10 Å². The third-order valence-corrected chi connectivity index (χ3v) is 2.69. The number of aromatic nitrogens is 1. The fourth-order valence-corrected chi connectivity index (χ4v) is 1.95. The highest BCUT2D eigenvalue weighted by Gasteiger charge is 2.11. The molecule has 1 heterocycles. The first-order valence-electron chi connectivity index (χ1n) is 2.61. The van der Waals surface area contributed by atoms with E-state index >= 15 is 0 Å². The van der Waals surface area contributed by atoms with Crippen LogP contribution in [0.1, 0.15) is 17.9 Å². The number of rotatable bonds is 1. The number of hydrogen-bond acceptors (Lipinski definition) is 3. The van der Waals surface area contributed by atoms with E-state index in [9.17, 15) is 0 Å². The Balaban J connectivity index is 3.03. The first kappa shape index (κ1) is 8.27. The van der Waals surface area contributed by atoms with E-state index in [1.807, 2.05) is 0 Å². The maximum atomic E-state index is 9.05. The predicted molar refractivity (Wildman–Crippen MR) is 42.8 cm³/mol. The molecule has 0 bridgehead atoms. The molecule has 1 aromatic rings. The van der Waals surface area contributed by atoms with Crippen molar-refractivity contribution in [2.75, 3.05) is 0 Å². The molecule has 0 fully saturated rings. The summed E-state index contributed by atoms with van der Waals surface area (Å²) < 4.78 is 0.362. The van der Waals surface area contributed by atoms with Gasteiger partial charge in [-0.3, -0.25) is 0 Å².